The van der Waals surface area contributed by atoms with Crippen molar-refractivity contribution in [2.45, 2.75) is 44.0 Å². The number of thiophene rings is 1. The van der Waals surface area contributed by atoms with Gasteiger partial charge in [-0.15, -0.1) is 11.3 Å². The van der Waals surface area contributed by atoms with E-state index >= 15 is 0 Å². The topological polar surface area (TPSA) is 288 Å². The zero-order valence-corrected chi connectivity index (χ0v) is 16.0. The summed E-state index contributed by atoms with van der Waals surface area (Å²) in [7, 11) is -10.0. The number of sulfonamides is 1. The summed E-state index contributed by atoms with van der Waals surface area (Å²) in [5.74, 6) is -14.0. The molecule has 2 atom stereocenters. The number of aliphatic hydroxyl groups is 8. The van der Waals surface area contributed by atoms with Crippen LogP contribution in [0.15, 0.2) is 8.42 Å². The number of nitrogens with one attached hydrogen (secondary N) is 1. The molecule has 2 heterocycles. The van der Waals surface area contributed by atoms with E-state index in [4.69, 9.17) is 20.5 Å². The molecule has 2 unspecified atom stereocenters. The van der Waals surface area contributed by atoms with Crippen LogP contribution in [0.3, 0.4) is 0 Å². The van der Waals surface area contributed by atoms with E-state index in [1.54, 1.807) is 0 Å². The van der Waals surface area contributed by atoms with Gasteiger partial charge in [0, 0.05) is 5.56 Å². The van der Waals surface area contributed by atoms with E-state index in [1.807, 2.05) is 0 Å². The van der Waals surface area contributed by atoms with Gasteiger partial charge in [0.25, 0.3) is 10.0 Å². The summed E-state index contributed by atoms with van der Waals surface area (Å²) in [5.41, 5.74) is -1.22. The SMILES string of the molecule is CC1(O)C(O)(O)C(NC(O)(O)C(O)(O)O)c2c(sc(S(N)(=O)=O)c2O)S1(=O)=O. The second-order valence-corrected chi connectivity index (χ2v) is 11.3. The van der Waals surface area contributed by atoms with Crippen LogP contribution in [0, 0.1) is 0 Å². The van der Waals surface area contributed by atoms with Gasteiger partial charge < -0.3 is 46.0 Å². The molecule has 0 amide bonds. The minimum atomic E-state index is -5.21. The zero-order valence-electron chi connectivity index (χ0n) is 13.5. The minimum Gasteiger partial charge on any atom is -0.505 e. The lowest BCUT2D eigenvalue weighted by atomic mass is 9.94. The molecule has 28 heavy (non-hydrogen) atoms. The second kappa shape index (κ2) is 6.01. The smallest absolute Gasteiger partial charge is 0.348 e. The molecule has 0 aliphatic carbocycles. The normalized spacial score (nSPS) is 27.4. The average Bonchev–Trinajstić information content (AvgIpc) is 2.80. The van der Waals surface area contributed by atoms with Crippen LogP contribution in [0.25, 0.3) is 0 Å². The summed E-state index contributed by atoms with van der Waals surface area (Å²) in [6, 6.07) is -2.73. The van der Waals surface area contributed by atoms with Crippen LogP contribution in [-0.2, 0) is 19.9 Å². The number of hydrogen-bond acceptors (Lipinski definition) is 15. The average molecular weight is 468 g/mol. The van der Waals surface area contributed by atoms with Crippen molar-refractivity contribution in [1.82, 2.24) is 5.32 Å². The number of hydrogen-bond donors (Lipinski definition) is 11. The van der Waals surface area contributed by atoms with E-state index in [0.717, 1.165) is 0 Å². The lowest BCUT2D eigenvalue weighted by Gasteiger charge is -2.47. The third-order valence-electron chi connectivity index (χ3n) is 4.07. The molecule has 12 N–H and O–H groups in total. The molecule has 1 aliphatic rings. The first-order chi connectivity index (χ1) is 12.1. The first-order valence-electron chi connectivity index (χ1n) is 6.80. The maximum Gasteiger partial charge on any atom is 0.348 e. The molecule has 0 spiro atoms. The maximum absolute atomic E-state index is 12.5. The molecule has 0 bridgehead atoms. The predicted molar refractivity (Wildman–Crippen MR) is 84.8 cm³/mol. The van der Waals surface area contributed by atoms with Gasteiger partial charge in [0.15, 0.2) is 9.96 Å². The second-order valence-electron chi connectivity index (χ2n) is 6.08. The fourth-order valence-electron chi connectivity index (χ4n) is 2.36. The standard InChI is InChI=1S/C10H16N2O13S3/c1-7(14)8(15,16)4(12-9(17,18)10(19,20)21)2-3(13)6(28(11,24)25)26-5(2)27(7,22)23/h4,12-21H,1H3,(H2,11,24,25). The van der Waals surface area contributed by atoms with E-state index in [0.29, 0.717) is 6.92 Å². The molecule has 0 fully saturated rings. The minimum absolute atomic E-state index is 0.208. The van der Waals surface area contributed by atoms with Crippen molar-refractivity contribution in [1.29, 1.82) is 0 Å². The van der Waals surface area contributed by atoms with Gasteiger partial charge in [-0.1, -0.05) is 0 Å². The van der Waals surface area contributed by atoms with Gasteiger partial charge in [0.1, 0.15) is 10.3 Å². The Morgan fingerprint density at radius 1 is 1.14 bits per heavy atom. The van der Waals surface area contributed by atoms with Crippen molar-refractivity contribution in [3.63, 3.8) is 0 Å². The lowest BCUT2D eigenvalue weighted by molar-refractivity contribution is -0.461. The zero-order chi connectivity index (χ0) is 22.3. The highest BCUT2D eigenvalue weighted by Crippen LogP contribution is 2.55. The fourth-order valence-corrected chi connectivity index (χ4v) is 6.87. The van der Waals surface area contributed by atoms with E-state index in [9.17, 15) is 47.5 Å². The van der Waals surface area contributed by atoms with E-state index < -0.39 is 68.2 Å². The van der Waals surface area contributed by atoms with Crippen molar-refractivity contribution in [2.75, 3.05) is 0 Å². The Kier molecular flexibility index (Phi) is 5.00. The Morgan fingerprint density at radius 2 is 1.61 bits per heavy atom. The first kappa shape index (κ1) is 23.3. The van der Waals surface area contributed by atoms with E-state index in [-0.39, 0.29) is 11.3 Å². The van der Waals surface area contributed by atoms with Gasteiger partial charge in [-0.2, -0.15) is 0 Å². The molecule has 0 saturated carbocycles. The molecule has 1 aromatic heterocycles. The van der Waals surface area contributed by atoms with Crippen molar-refractivity contribution in [3.8, 4) is 5.75 Å². The molecule has 0 aromatic carbocycles. The van der Waals surface area contributed by atoms with Gasteiger partial charge in [-0.05, 0) is 6.92 Å². The lowest BCUT2D eigenvalue weighted by Crippen LogP contribution is -2.71. The summed E-state index contributed by atoms with van der Waals surface area (Å²) >= 11 is -0.208. The number of sulfone groups is 1. The van der Waals surface area contributed by atoms with Crippen LogP contribution in [0.5, 0.6) is 5.75 Å². The maximum atomic E-state index is 12.5. The van der Waals surface area contributed by atoms with Crippen LogP contribution in [0.1, 0.15) is 18.5 Å². The Hall–Kier alpha value is -1.00. The van der Waals surface area contributed by atoms with Crippen molar-refractivity contribution in [2.24, 2.45) is 5.14 Å². The van der Waals surface area contributed by atoms with Crippen LogP contribution < -0.4 is 10.5 Å². The van der Waals surface area contributed by atoms with Crippen molar-refractivity contribution in [3.05, 3.63) is 5.56 Å². The number of fused-ring (bicyclic) bond motifs is 1. The number of primary sulfonamides is 1. The molecule has 1 aromatic rings. The molecule has 1 aliphatic heterocycles. The highest BCUT2D eigenvalue weighted by Gasteiger charge is 2.68. The van der Waals surface area contributed by atoms with Gasteiger partial charge >= 0.3 is 11.9 Å². The fraction of sp³-hybridized carbons (Fsp3) is 0.600. The Bertz CT molecular complexity index is 1020. The Morgan fingerprint density at radius 3 is 2.00 bits per heavy atom. The molecule has 15 nitrogen and oxygen atoms in total. The number of rotatable bonds is 4. The van der Waals surface area contributed by atoms with Crippen LogP contribution in [0.2, 0.25) is 0 Å². The largest absolute Gasteiger partial charge is 0.505 e. The third kappa shape index (κ3) is 3.02. The monoisotopic (exact) mass is 468 g/mol. The first-order valence-corrected chi connectivity index (χ1v) is 10.6. The molecule has 0 saturated heterocycles. The predicted octanol–water partition coefficient (Wildman–Crippen LogP) is -5.82. The van der Waals surface area contributed by atoms with Gasteiger partial charge in [0.2, 0.25) is 20.6 Å². The Labute approximate surface area is 160 Å². The molecule has 18 heteroatoms. The van der Waals surface area contributed by atoms with E-state index in [2.05, 4.69) is 0 Å². The van der Waals surface area contributed by atoms with Gasteiger partial charge in [-0.25, -0.2) is 27.3 Å². The summed E-state index contributed by atoms with van der Waals surface area (Å²) in [4.78, 5) is -3.57. The summed E-state index contributed by atoms with van der Waals surface area (Å²) in [6.45, 7) is 0.341. The van der Waals surface area contributed by atoms with Crippen LogP contribution >= 0.6 is 11.3 Å². The van der Waals surface area contributed by atoms with Gasteiger partial charge in [0.05, 0.1) is 0 Å². The van der Waals surface area contributed by atoms with Gasteiger partial charge in [-0.3, -0.25) is 0 Å². The van der Waals surface area contributed by atoms with Crippen molar-refractivity contribution < 1.29 is 62.8 Å². The van der Waals surface area contributed by atoms with E-state index in [1.165, 1.54) is 5.32 Å². The molecular weight excluding hydrogens is 452 g/mol. The molecule has 0 radical (unpaired) electrons. The summed E-state index contributed by atoms with van der Waals surface area (Å²) < 4.78 is 45.8. The quantitative estimate of drug-likeness (QED) is 0.183. The highest BCUT2D eigenvalue weighted by molar-refractivity contribution is 7.96. The highest BCUT2D eigenvalue weighted by atomic mass is 32.3. The number of aromatic hydroxyl groups is 1. The summed E-state index contributed by atoms with van der Waals surface area (Å²) in [5, 5.41) is 92.8. The third-order valence-corrected chi connectivity index (χ3v) is 9.47. The van der Waals surface area contributed by atoms with Crippen LogP contribution in [-0.4, -0.2) is 85.4 Å². The van der Waals surface area contributed by atoms with Crippen molar-refractivity contribution >= 4 is 31.2 Å². The molecular formula is C10H16N2O13S3. The summed E-state index contributed by atoms with van der Waals surface area (Å²) in [6.07, 6.45) is 0. The Balaban J connectivity index is 2.93. The molecule has 162 valence electrons. The molecule has 2 rings (SSSR count). The van der Waals surface area contributed by atoms with Crippen LogP contribution in [0.4, 0.5) is 0 Å². The number of nitrogens with two attached hydrogens (primary N) is 1.